The monoisotopic (exact) mass is 367 g/mol. The molecule has 3 nitrogen and oxygen atoms in total. The number of benzene rings is 4. The van der Waals surface area contributed by atoms with Gasteiger partial charge in [-0.2, -0.15) is 0 Å². The normalized spacial score (nSPS) is 10.8. The van der Waals surface area contributed by atoms with Crippen molar-refractivity contribution < 1.29 is 9.53 Å². The van der Waals surface area contributed by atoms with Gasteiger partial charge in [0.15, 0.2) is 0 Å². The number of rotatable bonds is 4. The van der Waals surface area contributed by atoms with Crippen LogP contribution < -0.4 is 5.32 Å². The predicted octanol–water partition coefficient (Wildman–Crippen LogP) is 6.56. The number of anilines is 2. The molecule has 4 aromatic rings. The second-order valence-electron chi connectivity index (χ2n) is 6.92. The van der Waals surface area contributed by atoms with Crippen molar-refractivity contribution in [3.05, 3.63) is 90.5 Å². The molecular weight excluding hydrogens is 346 g/mol. The Balaban J connectivity index is 1.74. The maximum absolute atomic E-state index is 11.7. The minimum atomic E-state index is -0.327. The smallest absolute Gasteiger partial charge is 0.337 e. The molecular formula is C25H21NO2. The van der Waals surface area contributed by atoms with E-state index in [4.69, 9.17) is 4.74 Å². The van der Waals surface area contributed by atoms with E-state index in [2.05, 4.69) is 42.2 Å². The van der Waals surface area contributed by atoms with Gasteiger partial charge in [-0.05, 0) is 70.4 Å². The number of fused-ring (bicyclic) bond motifs is 2. The standard InChI is InChI=1S/C25H21NO2/c1-16(2)23-14-17-6-4-5-7-18(17)15-24(23)26-22-11-10-19-12-21(25(27)28-3)9-8-20(19)13-22/h4-15,26H,1H2,2-3H3. The average Bonchev–Trinajstić information content (AvgIpc) is 2.72. The van der Waals surface area contributed by atoms with E-state index < -0.39 is 0 Å². The van der Waals surface area contributed by atoms with E-state index in [1.807, 2.05) is 43.3 Å². The molecule has 0 aliphatic rings. The fraction of sp³-hybridized carbons (Fsp3) is 0.0800. The summed E-state index contributed by atoms with van der Waals surface area (Å²) in [6.45, 7) is 6.15. The molecule has 0 atom stereocenters. The Hall–Kier alpha value is -3.59. The number of nitrogens with one attached hydrogen (secondary N) is 1. The highest BCUT2D eigenvalue weighted by molar-refractivity contribution is 5.97. The molecule has 0 unspecified atom stereocenters. The summed E-state index contributed by atoms with van der Waals surface area (Å²) < 4.78 is 4.80. The number of methoxy groups -OCH3 is 1. The van der Waals surface area contributed by atoms with Crippen LogP contribution in [0.3, 0.4) is 0 Å². The number of hydrogen-bond acceptors (Lipinski definition) is 3. The highest BCUT2D eigenvalue weighted by Gasteiger charge is 2.09. The molecule has 138 valence electrons. The maximum Gasteiger partial charge on any atom is 0.337 e. The van der Waals surface area contributed by atoms with Crippen LogP contribution in [0.1, 0.15) is 22.8 Å². The molecule has 4 rings (SSSR count). The summed E-state index contributed by atoms with van der Waals surface area (Å²) in [5, 5.41) is 7.95. The third-order valence-electron chi connectivity index (χ3n) is 4.89. The third kappa shape index (κ3) is 3.35. The number of allylic oxidation sites excluding steroid dienone is 1. The molecule has 3 heteroatoms. The van der Waals surface area contributed by atoms with Crippen molar-refractivity contribution in [3.63, 3.8) is 0 Å². The van der Waals surface area contributed by atoms with Gasteiger partial charge >= 0.3 is 5.97 Å². The van der Waals surface area contributed by atoms with Crippen molar-refractivity contribution in [1.82, 2.24) is 0 Å². The first kappa shape index (κ1) is 17.8. The van der Waals surface area contributed by atoms with Crippen molar-refractivity contribution in [1.29, 1.82) is 0 Å². The van der Waals surface area contributed by atoms with E-state index in [0.29, 0.717) is 5.56 Å². The molecule has 0 aliphatic heterocycles. The van der Waals surface area contributed by atoms with Gasteiger partial charge in [-0.3, -0.25) is 0 Å². The van der Waals surface area contributed by atoms with Gasteiger partial charge in [0.05, 0.1) is 12.7 Å². The number of esters is 1. The molecule has 0 saturated heterocycles. The molecule has 4 aromatic carbocycles. The quantitative estimate of drug-likeness (QED) is 0.415. The van der Waals surface area contributed by atoms with Gasteiger partial charge in [0.25, 0.3) is 0 Å². The van der Waals surface area contributed by atoms with Gasteiger partial charge in [0.2, 0.25) is 0 Å². The van der Waals surface area contributed by atoms with Crippen LogP contribution >= 0.6 is 0 Å². The molecule has 0 radical (unpaired) electrons. The number of hydrogen-bond donors (Lipinski definition) is 1. The molecule has 28 heavy (non-hydrogen) atoms. The second kappa shape index (κ2) is 7.20. The highest BCUT2D eigenvalue weighted by Crippen LogP contribution is 2.32. The maximum atomic E-state index is 11.7. The molecule has 0 saturated carbocycles. The van der Waals surface area contributed by atoms with E-state index in [1.165, 1.54) is 17.9 Å². The first-order chi connectivity index (χ1) is 13.5. The Bertz CT molecular complexity index is 1220. The Morgan fingerprint density at radius 1 is 0.857 bits per heavy atom. The molecule has 0 aliphatic carbocycles. The lowest BCUT2D eigenvalue weighted by molar-refractivity contribution is 0.0601. The summed E-state index contributed by atoms with van der Waals surface area (Å²) in [6.07, 6.45) is 0. The molecule has 0 aromatic heterocycles. The largest absolute Gasteiger partial charge is 0.465 e. The van der Waals surface area contributed by atoms with Gasteiger partial charge < -0.3 is 10.1 Å². The first-order valence-corrected chi connectivity index (χ1v) is 9.13. The van der Waals surface area contributed by atoms with E-state index in [0.717, 1.165) is 33.3 Å². The van der Waals surface area contributed by atoms with Crippen LogP contribution in [0.5, 0.6) is 0 Å². The minimum absolute atomic E-state index is 0.327. The SMILES string of the molecule is C=C(C)c1cc2ccccc2cc1Nc1ccc2cc(C(=O)OC)ccc2c1. The van der Waals surface area contributed by atoms with Gasteiger partial charge in [-0.15, -0.1) is 0 Å². The van der Waals surface area contributed by atoms with Crippen molar-refractivity contribution in [2.75, 3.05) is 12.4 Å². The average molecular weight is 367 g/mol. The molecule has 0 spiro atoms. The summed E-state index contributed by atoms with van der Waals surface area (Å²) in [6, 6.07) is 24.3. The topological polar surface area (TPSA) is 38.3 Å². The van der Waals surface area contributed by atoms with Crippen molar-refractivity contribution in [3.8, 4) is 0 Å². The fourth-order valence-corrected chi connectivity index (χ4v) is 3.42. The Morgan fingerprint density at radius 2 is 1.50 bits per heavy atom. The predicted molar refractivity (Wildman–Crippen MR) is 117 cm³/mol. The lowest BCUT2D eigenvalue weighted by Crippen LogP contribution is -2.00. The lowest BCUT2D eigenvalue weighted by atomic mass is 10.00. The van der Waals surface area contributed by atoms with Crippen molar-refractivity contribution >= 4 is 44.5 Å². The van der Waals surface area contributed by atoms with Crippen LogP contribution in [0.2, 0.25) is 0 Å². The molecule has 1 N–H and O–H groups in total. The Morgan fingerprint density at radius 3 is 2.21 bits per heavy atom. The van der Waals surface area contributed by atoms with E-state index in [9.17, 15) is 4.79 Å². The number of ether oxygens (including phenoxy) is 1. The van der Waals surface area contributed by atoms with Crippen molar-refractivity contribution in [2.24, 2.45) is 0 Å². The van der Waals surface area contributed by atoms with Crippen molar-refractivity contribution in [2.45, 2.75) is 6.92 Å². The van der Waals surface area contributed by atoms with E-state index in [-0.39, 0.29) is 5.97 Å². The second-order valence-corrected chi connectivity index (χ2v) is 6.92. The summed E-state index contributed by atoms with van der Waals surface area (Å²) >= 11 is 0. The van der Waals surface area contributed by atoms with Crippen LogP contribution in [0.25, 0.3) is 27.1 Å². The number of carbonyl (C=O) groups excluding carboxylic acids is 1. The first-order valence-electron chi connectivity index (χ1n) is 9.13. The summed E-state index contributed by atoms with van der Waals surface area (Å²) in [5.74, 6) is -0.327. The van der Waals surface area contributed by atoms with Gasteiger partial charge in [0.1, 0.15) is 0 Å². The minimum Gasteiger partial charge on any atom is -0.465 e. The van der Waals surface area contributed by atoms with Crippen LogP contribution in [0.15, 0.2) is 79.4 Å². The zero-order valence-electron chi connectivity index (χ0n) is 16.0. The van der Waals surface area contributed by atoms with Gasteiger partial charge in [-0.25, -0.2) is 4.79 Å². The molecule has 0 bridgehead atoms. The van der Waals surface area contributed by atoms with E-state index >= 15 is 0 Å². The zero-order chi connectivity index (χ0) is 19.7. The Kier molecular flexibility index (Phi) is 4.58. The van der Waals surface area contributed by atoms with Crippen LogP contribution in [0.4, 0.5) is 11.4 Å². The van der Waals surface area contributed by atoms with Gasteiger partial charge in [0, 0.05) is 16.9 Å². The molecule has 0 fully saturated rings. The van der Waals surface area contributed by atoms with Gasteiger partial charge in [-0.1, -0.05) is 43.0 Å². The molecule has 0 amide bonds. The van der Waals surface area contributed by atoms with Crippen LogP contribution in [-0.4, -0.2) is 13.1 Å². The molecule has 0 heterocycles. The summed E-state index contributed by atoms with van der Waals surface area (Å²) in [5.41, 5.74) is 4.67. The van der Waals surface area contributed by atoms with Crippen LogP contribution in [-0.2, 0) is 4.74 Å². The number of carbonyl (C=O) groups is 1. The van der Waals surface area contributed by atoms with E-state index in [1.54, 1.807) is 6.07 Å². The summed E-state index contributed by atoms with van der Waals surface area (Å²) in [7, 11) is 1.39. The fourth-order valence-electron chi connectivity index (χ4n) is 3.42. The highest BCUT2D eigenvalue weighted by atomic mass is 16.5. The lowest BCUT2D eigenvalue weighted by Gasteiger charge is -2.15. The third-order valence-corrected chi connectivity index (χ3v) is 4.89. The summed E-state index contributed by atoms with van der Waals surface area (Å²) in [4.78, 5) is 11.7. The van der Waals surface area contributed by atoms with Crippen LogP contribution in [0, 0.1) is 0 Å². The Labute approximate surface area is 164 Å². The zero-order valence-corrected chi connectivity index (χ0v) is 16.0.